The zero-order valence-electron chi connectivity index (χ0n) is 10.9. The Kier molecular flexibility index (Phi) is 3.84. The summed E-state index contributed by atoms with van der Waals surface area (Å²) in [5.41, 5.74) is 0.959. The van der Waals surface area contributed by atoms with E-state index < -0.39 is 23.7 Å². The highest BCUT2D eigenvalue weighted by Crippen LogP contribution is 2.16. The van der Waals surface area contributed by atoms with E-state index in [1.807, 2.05) is 19.1 Å². The number of aromatic hydroxyl groups is 1. The fourth-order valence-electron chi connectivity index (χ4n) is 1.94. The zero-order chi connectivity index (χ0) is 14.7. The molecule has 0 aliphatic rings. The third-order valence-corrected chi connectivity index (χ3v) is 2.90. The standard InChI is InChI=1S/C14H14N2O4/c1-2-9-5-3-4-6-11(9)16-13(18)8-12(17)10(15-16)7-14(19)20/h3-6,8,17H,2,7H2,1H3,(H,19,20). The van der Waals surface area contributed by atoms with Crippen LogP contribution in [-0.2, 0) is 17.6 Å². The maximum Gasteiger partial charge on any atom is 0.309 e. The lowest BCUT2D eigenvalue weighted by molar-refractivity contribution is -0.136. The number of aromatic nitrogens is 2. The number of carboxylic acids is 1. The maximum atomic E-state index is 11.9. The van der Waals surface area contributed by atoms with Crippen molar-refractivity contribution in [3.05, 3.63) is 51.9 Å². The first-order valence-electron chi connectivity index (χ1n) is 6.15. The van der Waals surface area contributed by atoms with Crippen molar-refractivity contribution in [3.63, 3.8) is 0 Å². The van der Waals surface area contributed by atoms with E-state index in [0.717, 1.165) is 16.3 Å². The first-order chi connectivity index (χ1) is 9.52. The summed E-state index contributed by atoms with van der Waals surface area (Å²) in [4.78, 5) is 22.7. The molecule has 0 atom stereocenters. The largest absolute Gasteiger partial charge is 0.506 e. The lowest BCUT2D eigenvalue weighted by atomic mass is 10.1. The summed E-state index contributed by atoms with van der Waals surface area (Å²) in [6, 6.07) is 8.21. The van der Waals surface area contributed by atoms with Crippen LogP contribution in [0.4, 0.5) is 0 Å². The van der Waals surface area contributed by atoms with E-state index in [4.69, 9.17) is 5.11 Å². The fourth-order valence-corrected chi connectivity index (χ4v) is 1.94. The van der Waals surface area contributed by atoms with Crippen molar-refractivity contribution in [2.45, 2.75) is 19.8 Å². The molecule has 1 aromatic carbocycles. The van der Waals surface area contributed by atoms with Crippen molar-refractivity contribution in [2.75, 3.05) is 0 Å². The van der Waals surface area contributed by atoms with Crippen molar-refractivity contribution in [1.82, 2.24) is 9.78 Å². The molecule has 0 bridgehead atoms. The molecule has 2 rings (SSSR count). The van der Waals surface area contributed by atoms with Gasteiger partial charge in [0.2, 0.25) is 0 Å². The maximum absolute atomic E-state index is 11.9. The number of benzene rings is 1. The molecule has 6 heteroatoms. The summed E-state index contributed by atoms with van der Waals surface area (Å²) >= 11 is 0. The smallest absolute Gasteiger partial charge is 0.309 e. The van der Waals surface area contributed by atoms with Gasteiger partial charge in [0.15, 0.2) is 0 Å². The van der Waals surface area contributed by atoms with E-state index >= 15 is 0 Å². The number of rotatable bonds is 4. The van der Waals surface area contributed by atoms with Crippen LogP contribution < -0.4 is 5.56 Å². The molecule has 0 unspecified atom stereocenters. The molecular formula is C14H14N2O4. The number of aryl methyl sites for hydroxylation is 1. The Labute approximate surface area is 114 Å². The highest BCUT2D eigenvalue weighted by atomic mass is 16.4. The summed E-state index contributed by atoms with van der Waals surface area (Å²) in [6.07, 6.45) is 0.264. The number of para-hydroxylation sites is 1. The van der Waals surface area contributed by atoms with Gasteiger partial charge in [-0.15, -0.1) is 0 Å². The number of nitrogens with zero attached hydrogens (tertiary/aromatic N) is 2. The van der Waals surface area contributed by atoms with Crippen LogP contribution in [0.25, 0.3) is 5.69 Å². The van der Waals surface area contributed by atoms with Crippen LogP contribution >= 0.6 is 0 Å². The van der Waals surface area contributed by atoms with E-state index in [1.165, 1.54) is 0 Å². The van der Waals surface area contributed by atoms with Crippen LogP contribution in [0.15, 0.2) is 35.1 Å². The van der Waals surface area contributed by atoms with E-state index in [0.29, 0.717) is 12.1 Å². The van der Waals surface area contributed by atoms with Gasteiger partial charge in [-0.25, -0.2) is 0 Å². The molecule has 2 aromatic rings. The van der Waals surface area contributed by atoms with Crippen LogP contribution in [0.5, 0.6) is 5.75 Å². The molecule has 104 valence electrons. The van der Waals surface area contributed by atoms with E-state index in [-0.39, 0.29) is 5.69 Å². The number of carbonyl (C=O) groups is 1. The monoisotopic (exact) mass is 274 g/mol. The van der Waals surface area contributed by atoms with Gasteiger partial charge in [0.05, 0.1) is 12.1 Å². The second kappa shape index (κ2) is 5.56. The van der Waals surface area contributed by atoms with Gasteiger partial charge in [0.1, 0.15) is 11.4 Å². The molecular weight excluding hydrogens is 260 g/mol. The van der Waals surface area contributed by atoms with Crippen molar-refractivity contribution in [1.29, 1.82) is 0 Å². The number of aliphatic carboxylic acids is 1. The quantitative estimate of drug-likeness (QED) is 0.871. The summed E-state index contributed by atoms with van der Waals surface area (Å²) in [5.74, 6) is -1.52. The molecule has 0 amide bonds. The molecule has 0 aliphatic heterocycles. The Morgan fingerprint density at radius 2 is 2.05 bits per heavy atom. The Hall–Kier alpha value is -2.63. The normalized spacial score (nSPS) is 10.4. The Morgan fingerprint density at radius 3 is 2.70 bits per heavy atom. The lowest BCUT2D eigenvalue weighted by Crippen LogP contribution is -2.23. The molecule has 6 nitrogen and oxygen atoms in total. The van der Waals surface area contributed by atoms with Crippen molar-refractivity contribution >= 4 is 5.97 Å². The van der Waals surface area contributed by atoms with Gasteiger partial charge in [-0.3, -0.25) is 9.59 Å². The summed E-state index contributed by atoms with van der Waals surface area (Å²) in [7, 11) is 0. The highest BCUT2D eigenvalue weighted by molar-refractivity contribution is 5.70. The average molecular weight is 274 g/mol. The summed E-state index contributed by atoms with van der Waals surface area (Å²) < 4.78 is 1.12. The molecule has 2 N–H and O–H groups in total. The van der Waals surface area contributed by atoms with Gasteiger partial charge < -0.3 is 10.2 Å². The van der Waals surface area contributed by atoms with E-state index in [9.17, 15) is 14.7 Å². The summed E-state index contributed by atoms with van der Waals surface area (Å²) in [6.45, 7) is 1.95. The van der Waals surface area contributed by atoms with Gasteiger partial charge in [-0.05, 0) is 18.1 Å². The van der Waals surface area contributed by atoms with Gasteiger partial charge in [0, 0.05) is 6.07 Å². The van der Waals surface area contributed by atoms with Crippen molar-refractivity contribution < 1.29 is 15.0 Å². The minimum Gasteiger partial charge on any atom is -0.506 e. The number of carboxylic acid groups (broad SMARTS) is 1. The first kappa shape index (κ1) is 13.8. The molecule has 20 heavy (non-hydrogen) atoms. The van der Waals surface area contributed by atoms with Crippen LogP contribution in [0, 0.1) is 0 Å². The molecule has 0 spiro atoms. The number of hydrogen-bond acceptors (Lipinski definition) is 4. The molecule has 0 saturated heterocycles. The molecule has 0 aliphatic carbocycles. The second-order valence-corrected chi connectivity index (χ2v) is 4.28. The SMILES string of the molecule is CCc1ccccc1-n1nc(CC(=O)O)c(O)cc1=O. The molecule has 0 saturated carbocycles. The summed E-state index contributed by atoms with van der Waals surface area (Å²) in [5, 5.41) is 22.3. The molecule has 1 aromatic heterocycles. The van der Waals surface area contributed by atoms with Crippen LogP contribution in [0.3, 0.4) is 0 Å². The second-order valence-electron chi connectivity index (χ2n) is 4.28. The van der Waals surface area contributed by atoms with Gasteiger partial charge in [-0.1, -0.05) is 25.1 Å². The van der Waals surface area contributed by atoms with E-state index in [1.54, 1.807) is 12.1 Å². The number of hydrogen-bond donors (Lipinski definition) is 2. The molecule has 0 radical (unpaired) electrons. The molecule has 0 fully saturated rings. The first-order valence-corrected chi connectivity index (χ1v) is 6.15. The van der Waals surface area contributed by atoms with Crippen molar-refractivity contribution in [2.24, 2.45) is 0 Å². The topological polar surface area (TPSA) is 92.4 Å². The van der Waals surface area contributed by atoms with Crippen LogP contribution in [0.2, 0.25) is 0 Å². The lowest BCUT2D eigenvalue weighted by Gasteiger charge is -2.11. The Balaban J connectivity index is 2.62. The zero-order valence-corrected chi connectivity index (χ0v) is 10.9. The Morgan fingerprint density at radius 1 is 1.35 bits per heavy atom. The highest BCUT2D eigenvalue weighted by Gasteiger charge is 2.13. The van der Waals surface area contributed by atoms with E-state index in [2.05, 4.69) is 5.10 Å². The predicted molar refractivity (Wildman–Crippen MR) is 72.2 cm³/mol. The predicted octanol–water partition coefficient (Wildman–Crippen LogP) is 1.13. The van der Waals surface area contributed by atoms with Gasteiger partial charge in [-0.2, -0.15) is 9.78 Å². The average Bonchev–Trinajstić information content (AvgIpc) is 2.41. The third kappa shape index (κ3) is 2.69. The van der Waals surface area contributed by atoms with Crippen molar-refractivity contribution in [3.8, 4) is 11.4 Å². The van der Waals surface area contributed by atoms with Crippen LogP contribution in [0.1, 0.15) is 18.2 Å². The van der Waals surface area contributed by atoms with Gasteiger partial charge >= 0.3 is 5.97 Å². The van der Waals surface area contributed by atoms with Crippen LogP contribution in [-0.4, -0.2) is 26.0 Å². The third-order valence-electron chi connectivity index (χ3n) is 2.90. The fraction of sp³-hybridized carbons (Fsp3) is 0.214. The molecule has 1 heterocycles. The minimum atomic E-state index is -1.12. The Bertz CT molecular complexity index is 707. The minimum absolute atomic E-state index is 0.0389. The van der Waals surface area contributed by atoms with Gasteiger partial charge in [0.25, 0.3) is 5.56 Å².